The Morgan fingerprint density at radius 1 is 1.42 bits per heavy atom. The molecule has 7 heteroatoms. The highest BCUT2D eigenvalue weighted by molar-refractivity contribution is 6.30. The third-order valence-corrected chi connectivity index (χ3v) is 2.87. The van der Waals surface area contributed by atoms with Gasteiger partial charge in [-0.2, -0.15) is 0 Å². The minimum atomic E-state index is -0.914. The summed E-state index contributed by atoms with van der Waals surface area (Å²) in [5.41, 5.74) is 0.401. The average molecular weight is 286 g/mol. The van der Waals surface area contributed by atoms with E-state index < -0.39 is 11.3 Å². The lowest BCUT2D eigenvalue weighted by Crippen LogP contribution is -2.34. The number of ether oxygens (including phenoxy) is 3. The van der Waals surface area contributed by atoms with Gasteiger partial charge in [-0.1, -0.05) is 0 Å². The zero-order valence-electron chi connectivity index (χ0n) is 10.1. The molecule has 0 spiro atoms. The van der Waals surface area contributed by atoms with E-state index in [0.717, 1.165) is 0 Å². The molecule has 6 nitrogen and oxygen atoms in total. The van der Waals surface area contributed by atoms with Crippen LogP contribution >= 0.6 is 11.6 Å². The first-order valence-electron chi connectivity index (χ1n) is 5.51. The van der Waals surface area contributed by atoms with Crippen molar-refractivity contribution in [1.82, 2.24) is 5.32 Å². The minimum Gasteiger partial charge on any atom is -0.468 e. The minimum absolute atomic E-state index is 0.0124. The van der Waals surface area contributed by atoms with Crippen molar-refractivity contribution in [2.24, 2.45) is 0 Å². The molecule has 102 valence electrons. The number of benzene rings is 1. The monoisotopic (exact) mass is 285 g/mol. The number of rotatable bonds is 4. The number of nitrogens with one attached hydrogen (secondary N) is 1. The molecule has 19 heavy (non-hydrogen) atoms. The number of amides is 1. The van der Waals surface area contributed by atoms with E-state index in [-0.39, 0.29) is 19.2 Å². The van der Waals surface area contributed by atoms with E-state index in [1.54, 1.807) is 18.2 Å². The summed E-state index contributed by atoms with van der Waals surface area (Å²) in [5.74, 6) is 0.171. The molecule has 1 aromatic carbocycles. The zero-order chi connectivity index (χ0) is 13.8. The van der Waals surface area contributed by atoms with Crippen LogP contribution in [0, 0.1) is 0 Å². The smallest absolute Gasteiger partial charge is 0.325 e. The Hall–Kier alpha value is -1.95. The van der Waals surface area contributed by atoms with Crippen LogP contribution in [0.3, 0.4) is 0 Å². The predicted octanol–water partition coefficient (Wildman–Crippen LogP) is 0.925. The molecule has 1 aliphatic heterocycles. The van der Waals surface area contributed by atoms with Gasteiger partial charge in [0.15, 0.2) is 11.5 Å². The number of carbonyl (C=O) groups is 2. The molecule has 0 fully saturated rings. The summed E-state index contributed by atoms with van der Waals surface area (Å²) in [5, 5.41) is 1.62. The normalized spacial score (nSPS) is 13.8. The van der Waals surface area contributed by atoms with Crippen molar-refractivity contribution < 1.29 is 23.8 Å². The SMILES string of the molecule is COC(=O)C(Cl)CNC(=O)c1ccc2c(c1)OCO2. The van der Waals surface area contributed by atoms with Crippen molar-refractivity contribution in [1.29, 1.82) is 0 Å². The lowest BCUT2D eigenvalue weighted by Gasteiger charge is -2.09. The van der Waals surface area contributed by atoms with Crippen LogP contribution in [0.25, 0.3) is 0 Å². The molecule has 1 unspecified atom stereocenters. The van der Waals surface area contributed by atoms with Crippen molar-refractivity contribution in [2.75, 3.05) is 20.4 Å². The molecule has 1 N–H and O–H groups in total. The van der Waals surface area contributed by atoms with Gasteiger partial charge in [0, 0.05) is 12.1 Å². The molecule has 1 aromatic rings. The lowest BCUT2D eigenvalue weighted by molar-refractivity contribution is -0.140. The Labute approximate surface area is 114 Å². The van der Waals surface area contributed by atoms with Crippen LogP contribution in [0.2, 0.25) is 0 Å². The summed E-state index contributed by atoms with van der Waals surface area (Å²) in [6.07, 6.45) is 0. The number of hydrogen-bond acceptors (Lipinski definition) is 5. The maximum atomic E-state index is 11.8. The Balaban J connectivity index is 1.95. The molecule has 0 saturated heterocycles. The van der Waals surface area contributed by atoms with E-state index in [2.05, 4.69) is 10.1 Å². The molecular formula is C12H12ClNO5. The molecule has 0 aromatic heterocycles. The third kappa shape index (κ3) is 3.08. The second-order valence-corrected chi connectivity index (χ2v) is 4.30. The van der Waals surface area contributed by atoms with Crippen molar-refractivity contribution in [2.45, 2.75) is 5.38 Å². The van der Waals surface area contributed by atoms with E-state index in [1.165, 1.54) is 7.11 Å². The quantitative estimate of drug-likeness (QED) is 0.658. The van der Waals surface area contributed by atoms with Crippen LogP contribution in [0.5, 0.6) is 11.5 Å². The van der Waals surface area contributed by atoms with E-state index in [1.807, 2.05) is 0 Å². The Morgan fingerprint density at radius 3 is 2.89 bits per heavy atom. The summed E-state index contributed by atoms with van der Waals surface area (Å²) in [6.45, 7) is 0.133. The Bertz CT molecular complexity index is 505. The van der Waals surface area contributed by atoms with Crippen LogP contribution < -0.4 is 14.8 Å². The zero-order valence-corrected chi connectivity index (χ0v) is 10.9. The van der Waals surface area contributed by atoms with Crippen molar-refractivity contribution >= 4 is 23.5 Å². The number of hydrogen-bond donors (Lipinski definition) is 1. The lowest BCUT2D eigenvalue weighted by atomic mass is 10.2. The average Bonchev–Trinajstić information content (AvgIpc) is 2.90. The van der Waals surface area contributed by atoms with Gasteiger partial charge in [-0.05, 0) is 18.2 Å². The Kier molecular flexibility index (Phi) is 4.11. The van der Waals surface area contributed by atoms with E-state index >= 15 is 0 Å². The fourth-order valence-electron chi connectivity index (χ4n) is 1.53. The molecule has 1 aliphatic rings. The standard InChI is InChI=1S/C12H12ClNO5/c1-17-12(16)8(13)5-14-11(15)7-2-3-9-10(4-7)19-6-18-9/h2-4,8H,5-6H2,1H3,(H,14,15). The van der Waals surface area contributed by atoms with Gasteiger partial charge in [0.1, 0.15) is 5.38 Å². The van der Waals surface area contributed by atoms with E-state index in [0.29, 0.717) is 17.1 Å². The summed E-state index contributed by atoms with van der Waals surface area (Å²) >= 11 is 5.72. The highest BCUT2D eigenvalue weighted by Crippen LogP contribution is 2.32. The van der Waals surface area contributed by atoms with Gasteiger partial charge in [-0.25, -0.2) is 0 Å². The summed E-state index contributed by atoms with van der Waals surface area (Å²) in [7, 11) is 1.23. The number of fused-ring (bicyclic) bond motifs is 1. The van der Waals surface area contributed by atoms with Crippen molar-refractivity contribution in [3.8, 4) is 11.5 Å². The van der Waals surface area contributed by atoms with Crippen LogP contribution in [-0.2, 0) is 9.53 Å². The second kappa shape index (κ2) is 5.79. The van der Waals surface area contributed by atoms with Gasteiger partial charge in [-0.3, -0.25) is 9.59 Å². The Morgan fingerprint density at radius 2 is 2.16 bits per heavy atom. The summed E-state index contributed by atoms with van der Waals surface area (Å²) in [6, 6.07) is 4.82. The van der Waals surface area contributed by atoms with Gasteiger partial charge < -0.3 is 19.5 Å². The molecule has 0 radical (unpaired) electrons. The van der Waals surface area contributed by atoms with Gasteiger partial charge in [0.05, 0.1) is 7.11 Å². The molecule has 1 atom stereocenters. The summed E-state index contributed by atoms with van der Waals surface area (Å²) < 4.78 is 14.8. The van der Waals surface area contributed by atoms with Crippen LogP contribution in [0.15, 0.2) is 18.2 Å². The van der Waals surface area contributed by atoms with Crippen LogP contribution in [0.4, 0.5) is 0 Å². The first-order valence-corrected chi connectivity index (χ1v) is 5.95. The maximum Gasteiger partial charge on any atom is 0.325 e. The second-order valence-electron chi connectivity index (χ2n) is 3.77. The third-order valence-electron chi connectivity index (χ3n) is 2.53. The van der Waals surface area contributed by atoms with E-state index in [9.17, 15) is 9.59 Å². The molecular weight excluding hydrogens is 274 g/mol. The molecule has 1 heterocycles. The number of carbonyl (C=O) groups excluding carboxylic acids is 2. The van der Waals surface area contributed by atoms with E-state index in [4.69, 9.17) is 21.1 Å². The van der Waals surface area contributed by atoms with Gasteiger partial charge in [0.25, 0.3) is 5.91 Å². The number of halogens is 1. The first kappa shape index (κ1) is 13.5. The van der Waals surface area contributed by atoms with Gasteiger partial charge >= 0.3 is 5.97 Å². The highest BCUT2D eigenvalue weighted by Gasteiger charge is 2.19. The number of methoxy groups -OCH3 is 1. The predicted molar refractivity (Wildman–Crippen MR) is 66.6 cm³/mol. The van der Waals surface area contributed by atoms with Crippen molar-refractivity contribution in [3.63, 3.8) is 0 Å². The largest absolute Gasteiger partial charge is 0.468 e. The highest BCUT2D eigenvalue weighted by atomic mass is 35.5. The first-order chi connectivity index (χ1) is 9.11. The number of alkyl halides is 1. The van der Waals surface area contributed by atoms with Crippen LogP contribution in [-0.4, -0.2) is 37.7 Å². The summed E-state index contributed by atoms with van der Waals surface area (Å²) in [4.78, 5) is 22.9. The van der Waals surface area contributed by atoms with Gasteiger partial charge in [-0.15, -0.1) is 11.6 Å². The fourth-order valence-corrected chi connectivity index (χ4v) is 1.70. The molecule has 0 bridgehead atoms. The molecule has 2 rings (SSSR count). The fraction of sp³-hybridized carbons (Fsp3) is 0.333. The number of esters is 1. The topological polar surface area (TPSA) is 73.9 Å². The molecule has 0 saturated carbocycles. The molecule has 0 aliphatic carbocycles. The van der Waals surface area contributed by atoms with Gasteiger partial charge in [0.2, 0.25) is 6.79 Å². The molecule has 1 amide bonds. The van der Waals surface area contributed by atoms with Crippen LogP contribution in [0.1, 0.15) is 10.4 Å². The maximum absolute atomic E-state index is 11.8. The van der Waals surface area contributed by atoms with Crippen molar-refractivity contribution in [3.05, 3.63) is 23.8 Å².